The average Bonchev–Trinajstić information content (AvgIpc) is 2.74. The Labute approximate surface area is 99.6 Å². The summed E-state index contributed by atoms with van der Waals surface area (Å²) in [5, 5.41) is 8.75. The third kappa shape index (κ3) is 4.11. The summed E-state index contributed by atoms with van der Waals surface area (Å²) >= 11 is 0. The van der Waals surface area contributed by atoms with Crippen molar-refractivity contribution >= 4 is 11.8 Å². The molecule has 0 fully saturated rings. The Kier molecular flexibility index (Phi) is 4.95. The first-order valence-electron chi connectivity index (χ1n) is 5.40. The molecule has 5 nitrogen and oxygen atoms in total. The largest absolute Gasteiger partial charge is 0.466 e. The molecule has 0 N–H and O–H groups in total. The first-order valence-corrected chi connectivity index (χ1v) is 5.40. The van der Waals surface area contributed by atoms with Crippen LogP contribution in [0, 0.1) is 11.3 Å². The standard InChI is InChI=1S/C12H14N2O3/c1-2-17-12(16)6-5-11(15)9-14-7-3-4-10(14)8-13/h3-4,7H,2,5-6,9H2,1H3. The second kappa shape index (κ2) is 6.48. The molecular weight excluding hydrogens is 220 g/mol. The highest BCUT2D eigenvalue weighted by atomic mass is 16.5. The number of hydrogen-bond acceptors (Lipinski definition) is 4. The molecule has 0 unspecified atom stereocenters. The van der Waals surface area contributed by atoms with Crippen molar-refractivity contribution < 1.29 is 14.3 Å². The predicted molar refractivity (Wildman–Crippen MR) is 60.0 cm³/mol. The van der Waals surface area contributed by atoms with Crippen LogP contribution in [0.3, 0.4) is 0 Å². The molecule has 0 aliphatic rings. The molecule has 1 aromatic rings. The fraction of sp³-hybridized carbons (Fsp3) is 0.417. The molecule has 5 heteroatoms. The smallest absolute Gasteiger partial charge is 0.306 e. The lowest BCUT2D eigenvalue weighted by Crippen LogP contribution is -2.13. The summed E-state index contributed by atoms with van der Waals surface area (Å²) in [7, 11) is 0. The number of nitrogens with zero attached hydrogens (tertiary/aromatic N) is 2. The van der Waals surface area contributed by atoms with E-state index in [0.29, 0.717) is 12.3 Å². The van der Waals surface area contributed by atoms with Gasteiger partial charge in [0.05, 0.1) is 19.6 Å². The number of ether oxygens (including phenoxy) is 1. The van der Waals surface area contributed by atoms with Crippen molar-refractivity contribution in [3.8, 4) is 6.07 Å². The maximum atomic E-state index is 11.5. The summed E-state index contributed by atoms with van der Waals surface area (Å²) in [6.45, 7) is 2.16. The first kappa shape index (κ1) is 13.0. The van der Waals surface area contributed by atoms with Gasteiger partial charge in [-0.05, 0) is 19.1 Å². The lowest BCUT2D eigenvalue weighted by molar-refractivity contribution is -0.144. The number of hydrogen-bond donors (Lipinski definition) is 0. The lowest BCUT2D eigenvalue weighted by Gasteiger charge is -2.04. The maximum absolute atomic E-state index is 11.5. The van der Waals surface area contributed by atoms with Gasteiger partial charge in [0, 0.05) is 12.6 Å². The lowest BCUT2D eigenvalue weighted by atomic mass is 10.2. The number of aromatic nitrogens is 1. The molecule has 0 aliphatic heterocycles. The monoisotopic (exact) mass is 234 g/mol. The van der Waals surface area contributed by atoms with Gasteiger partial charge in [0.25, 0.3) is 0 Å². The van der Waals surface area contributed by atoms with Gasteiger partial charge in [-0.25, -0.2) is 0 Å². The molecule has 0 atom stereocenters. The fourth-order valence-corrected chi connectivity index (χ4v) is 1.40. The van der Waals surface area contributed by atoms with Gasteiger partial charge < -0.3 is 9.30 Å². The maximum Gasteiger partial charge on any atom is 0.306 e. The molecule has 0 radical (unpaired) electrons. The zero-order valence-corrected chi connectivity index (χ0v) is 9.68. The number of rotatable bonds is 6. The van der Waals surface area contributed by atoms with Crippen LogP contribution in [0.25, 0.3) is 0 Å². The Hall–Kier alpha value is -2.09. The van der Waals surface area contributed by atoms with Crippen LogP contribution in [0.4, 0.5) is 0 Å². The summed E-state index contributed by atoms with van der Waals surface area (Å²) in [6.07, 6.45) is 1.90. The van der Waals surface area contributed by atoms with Gasteiger partial charge >= 0.3 is 5.97 Å². The SMILES string of the molecule is CCOC(=O)CCC(=O)Cn1cccc1C#N. The molecule has 90 valence electrons. The van der Waals surface area contributed by atoms with E-state index in [4.69, 9.17) is 10.00 Å². The van der Waals surface area contributed by atoms with Gasteiger partial charge in [0.1, 0.15) is 11.8 Å². The van der Waals surface area contributed by atoms with Gasteiger partial charge in [-0.15, -0.1) is 0 Å². The highest BCUT2D eigenvalue weighted by Crippen LogP contribution is 2.03. The number of ketones is 1. The Bertz CT molecular complexity index is 443. The number of Topliss-reactive ketones (excluding diaryl/α,β-unsaturated/α-hetero) is 1. The molecule has 1 aromatic heterocycles. The zero-order chi connectivity index (χ0) is 12.7. The van der Waals surface area contributed by atoms with Crippen LogP contribution in [0.5, 0.6) is 0 Å². The summed E-state index contributed by atoms with van der Waals surface area (Å²) in [6, 6.07) is 5.33. The van der Waals surface area contributed by atoms with E-state index in [1.165, 1.54) is 0 Å². The van der Waals surface area contributed by atoms with Gasteiger partial charge in [-0.2, -0.15) is 5.26 Å². The molecule has 0 saturated heterocycles. The van der Waals surface area contributed by atoms with Crippen LogP contribution in [0.15, 0.2) is 18.3 Å². The quantitative estimate of drug-likeness (QED) is 0.695. The molecule has 1 heterocycles. The average molecular weight is 234 g/mol. The van der Waals surface area contributed by atoms with Crippen LogP contribution >= 0.6 is 0 Å². The van der Waals surface area contributed by atoms with Gasteiger partial charge in [0.15, 0.2) is 5.78 Å². The van der Waals surface area contributed by atoms with Crippen molar-refractivity contribution in [3.63, 3.8) is 0 Å². The second-order valence-corrected chi connectivity index (χ2v) is 3.48. The van der Waals surface area contributed by atoms with Crippen LogP contribution in [-0.4, -0.2) is 22.9 Å². The second-order valence-electron chi connectivity index (χ2n) is 3.48. The Morgan fingerprint density at radius 3 is 2.88 bits per heavy atom. The van der Waals surface area contributed by atoms with Crippen molar-refractivity contribution in [3.05, 3.63) is 24.0 Å². The van der Waals surface area contributed by atoms with Crippen LogP contribution in [-0.2, 0) is 20.9 Å². The number of carbonyl (C=O) groups excluding carboxylic acids is 2. The van der Waals surface area contributed by atoms with Gasteiger partial charge in [-0.3, -0.25) is 9.59 Å². The van der Waals surface area contributed by atoms with Crippen LogP contribution < -0.4 is 0 Å². The molecule has 1 rings (SSSR count). The minimum atomic E-state index is -0.367. The van der Waals surface area contributed by atoms with Crippen molar-refractivity contribution in [2.45, 2.75) is 26.3 Å². The van der Waals surface area contributed by atoms with E-state index in [9.17, 15) is 9.59 Å². The number of carbonyl (C=O) groups is 2. The van der Waals surface area contributed by atoms with Gasteiger partial charge in [0.2, 0.25) is 0 Å². The molecule has 0 aromatic carbocycles. The fourth-order valence-electron chi connectivity index (χ4n) is 1.40. The Morgan fingerprint density at radius 1 is 1.47 bits per heavy atom. The normalized spacial score (nSPS) is 9.65. The van der Waals surface area contributed by atoms with Crippen LogP contribution in [0.2, 0.25) is 0 Å². The van der Waals surface area contributed by atoms with E-state index < -0.39 is 0 Å². The van der Waals surface area contributed by atoms with Crippen molar-refractivity contribution in [1.82, 2.24) is 4.57 Å². The Balaban J connectivity index is 2.40. The predicted octanol–water partition coefficient (Wildman–Crippen LogP) is 1.27. The topological polar surface area (TPSA) is 72.1 Å². The summed E-state index contributed by atoms with van der Waals surface area (Å²) < 4.78 is 6.29. The summed E-state index contributed by atoms with van der Waals surface area (Å²) in [5.74, 6) is -0.459. The van der Waals surface area contributed by atoms with Gasteiger partial charge in [-0.1, -0.05) is 0 Å². The minimum Gasteiger partial charge on any atom is -0.466 e. The van der Waals surface area contributed by atoms with E-state index >= 15 is 0 Å². The summed E-state index contributed by atoms with van der Waals surface area (Å²) in [5.41, 5.74) is 0.439. The van der Waals surface area contributed by atoms with E-state index in [2.05, 4.69) is 0 Å². The Morgan fingerprint density at radius 2 is 2.24 bits per heavy atom. The van der Waals surface area contributed by atoms with Crippen molar-refractivity contribution in [2.75, 3.05) is 6.61 Å². The van der Waals surface area contributed by atoms with Crippen molar-refractivity contribution in [1.29, 1.82) is 5.26 Å². The van der Waals surface area contributed by atoms with Crippen LogP contribution in [0.1, 0.15) is 25.5 Å². The molecular formula is C12H14N2O3. The van der Waals surface area contributed by atoms with E-state index in [-0.39, 0.29) is 31.1 Å². The molecule has 0 bridgehead atoms. The first-order chi connectivity index (χ1) is 8.17. The van der Waals surface area contributed by atoms with Crippen molar-refractivity contribution in [2.24, 2.45) is 0 Å². The summed E-state index contributed by atoms with van der Waals surface area (Å²) in [4.78, 5) is 22.6. The highest BCUT2D eigenvalue weighted by Gasteiger charge is 2.09. The van der Waals surface area contributed by atoms with E-state index in [0.717, 1.165) is 0 Å². The highest BCUT2D eigenvalue weighted by molar-refractivity contribution is 5.82. The molecule has 0 amide bonds. The number of esters is 1. The molecule has 0 spiro atoms. The molecule has 0 saturated carbocycles. The molecule has 0 aliphatic carbocycles. The zero-order valence-electron chi connectivity index (χ0n) is 9.68. The van der Waals surface area contributed by atoms with E-state index in [1.54, 1.807) is 29.8 Å². The molecule has 17 heavy (non-hydrogen) atoms. The third-order valence-corrected chi connectivity index (χ3v) is 2.20. The third-order valence-electron chi connectivity index (χ3n) is 2.20. The minimum absolute atomic E-state index is 0.0919. The number of nitriles is 1. The van der Waals surface area contributed by atoms with E-state index in [1.807, 2.05) is 6.07 Å².